The molecule has 0 aliphatic heterocycles. The molecule has 0 spiro atoms. The third-order valence-corrected chi connectivity index (χ3v) is 4.52. The van der Waals surface area contributed by atoms with Gasteiger partial charge in [-0.15, -0.1) is 0 Å². The van der Waals surface area contributed by atoms with Crippen LogP contribution in [0.4, 0.5) is 0 Å². The molecule has 0 aliphatic rings. The molecular formula is C19H23ClN4O. The van der Waals surface area contributed by atoms with Crippen molar-refractivity contribution in [1.82, 2.24) is 19.5 Å². The summed E-state index contributed by atoms with van der Waals surface area (Å²) in [7, 11) is 0. The maximum atomic E-state index is 12.5. The van der Waals surface area contributed by atoms with Crippen LogP contribution in [0.15, 0.2) is 29.1 Å². The number of aromatic nitrogens is 4. The van der Waals surface area contributed by atoms with Gasteiger partial charge in [-0.1, -0.05) is 31.9 Å². The molecule has 0 bridgehead atoms. The van der Waals surface area contributed by atoms with Gasteiger partial charge in [0, 0.05) is 23.6 Å². The van der Waals surface area contributed by atoms with E-state index in [0.717, 1.165) is 36.5 Å². The van der Waals surface area contributed by atoms with Gasteiger partial charge in [-0.25, -0.2) is 9.97 Å². The molecule has 0 saturated heterocycles. The van der Waals surface area contributed by atoms with Crippen LogP contribution in [0.5, 0.6) is 0 Å². The van der Waals surface area contributed by atoms with E-state index in [1.54, 1.807) is 0 Å². The third-order valence-electron chi connectivity index (χ3n) is 4.27. The number of aryl methyl sites for hydroxylation is 2. The Morgan fingerprint density at radius 1 is 1.20 bits per heavy atom. The van der Waals surface area contributed by atoms with E-state index in [4.69, 9.17) is 11.6 Å². The van der Waals surface area contributed by atoms with Crippen LogP contribution in [0.1, 0.15) is 39.4 Å². The fourth-order valence-corrected chi connectivity index (χ4v) is 3.10. The zero-order valence-electron chi connectivity index (χ0n) is 14.8. The van der Waals surface area contributed by atoms with Gasteiger partial charge in [0.1, 0.15) is 11.6 Å². The average Bonchev–Trinajstić information content (AvgIpc) is 2.94. The Morgan fingerprint density at radius 3 is 2.56 bits per heavy atom. The summed E-state index contributed by atoms with van der Waals surface area (Å²) in [6, 6.07) is 7.47. The van der Waals surface area contributed by atoms with Crippen molar-refractivity contribution >= 4 is 22.8 Å². The quantitative estimate of drug-likeness (QED) is 0.708. The normalized spacial score (nSPS) is 11.6. The number of imidazole rings is 1. The highest BCUT2D eigenvalue weighted by atomic mass is 35.5. The summed E-state index contributed by atoms with van der Waals surface area (Å²) < 4.78 is 1.99. The van der Waals surface area contributed by atoms with Crippen molar-refractivity contribution in [3.8, 4) is 11.4 Å². The summed E-state index contributed by atoms with van der Waals surface area (Å²) in [6.45, 7) is 7.12. The maximum absolute atomic E-state index is 12.5. The minimum Gasteiger partial charge on any atom is -0.309 e. The zero-order valence-corrected chi connectivity index (χ0v) is 15.6. The highest BCUT2D eigenvalue weighted by Gasteiger charge is 2.16. The van der Waals surface area contributed by atoms with Crippen LogP contribution in [0, 0.1) is 5.92 Å². The van der Waals surface area contributed by atoms with Gasteiger partial charge in [-0.2, -0.15) is 0 Å². The molecule has 2 aromatic heterocycles. The molecule has 0 amide bonds. The van der Waals surface area contributed by atoms with Gasteiger partial charge in [-0.3, -0.25) is 4.79 Å². The molecule has 3 aromatic rings. The number of fused-ring (bicyclic) bond motifs is 1. The van der Waals surface area contributed by atoms with Crippen LogP contribution in [0.3, 0.4) is 0 Å². The van der Waals surface area contributed by atoms with E-state index in [2.05, 4.69) is 28.8 Å². The van der Waals surface area contributed by atoms with Crippen LogP contribution in [-0.4, -0.2) is 19.5 Å². The number of nitrogens with zero attached hydrogens (tertiary/aromatic N) is 3. The summed E-state index contributed by atoms with van der Waals surface area (Å²) in [5.74, 6) is 2.12. The van der Waals surface area contributed by atoms with Gasteiger partial charge in [0.15, 0.2) is 11.2 Å². The van der Waals surface area contributed by atoms with Crippen molar-refractivity contribution in [2.45, 2.75) is 46.6 Å². The zero-order chi connectivity index (χ0) is 18.0. The highest BCUT2D eigenvalue weighted by molar-refractivity contribution is 6.30. The fraction of sp³-hybridized carbons (Fsp3) is 0.421. The molecule has 5 nitrogen and oxygen atoms in total. The Labute approximate surface area is 152 Å². The monoisotopic (exact) mass is 358 g/mol. The molecule has 0 atom stereocenters. The Bertz CT molecular complexity index is 925. The molecule has 25 heavy (non-hydrogen) atoms. The first-order chi connectivity index (χ1) is 12.0. The number of H-pyrrole nitrogens is 1. The predicted octanol–water partition coefficient (Wildman–Crippen LogP) is 4.44. The van der Waals surface area contributed by atoms with Crippen molar-refractivity contribution in [2.75, 3.05) is 0 Å². The second-order valence-electron chi connectivity index (χ2n) is 6.66. The molecule has 1 N–H and O–H groups in total. The number of hydrogen-bond acceptors (Lipinski definition) is 3. The second-order valence-corrected chi connectivity index (χ2v) is 7.09. The minimum atomic E-state index is -0.174. The van der Waals surface area contributed by atoms with Crippen molar-refractivity contribution in [2.24, 2.45) is 5.92 Å². The summed E-state index contributed by atoms with van der Waals surface area (Å²) in [5, 5.41) is 0.673. The fourth-order valence-electron chi connectivity index (χ4n) is 2.97. The van der Waals surface area contributed by atoms with Gasteiger partial charge < -0.3 is 9.55 Å². The molecule has 1 aromatic carbocycles. The minimum absolute atomic E-state index is 0.174. The lowest BCUT2D eigenvalue weighted by molar-refractivity contribution is 0.549. The molecule has 0 radical (unpaired) electrons. The number of aromatic amines is 1. The lowest BCUT2D eigenvalue weighted by Crippen LogP contribution is -2.13. The van der Waals surface area contributed by atoms with Crippen molar-refractivity contribution < 1.29 is 0 Å². The van der Waals surface area contributed by atoms with Crippen molar-refractivity contribution in [3.63, 3.8) is 0 Å². The molecular weight excluding hydrogens is 336 g/mol. The SMILES string of the molecule is CCn1c(-c2ccc(Cl)cc2)nc2c(=O)[nH]c(CCCC(C)C)nc21. The predicted molar refractivity (Wildman–Crippen MR) is 102 cm³/mol. The number of rotatable bonds is 6. The standard InChI is InChI=1S/C19H23ClN4O/c1-4-24-17(13-8-10-14(20)11-9-13)23-16-18(24)21-15(22-19(16)25)7-5-6-12(2)3/h8-12H,4-7H2,1-3H3,(H,21,22,25). The highest BCUT2D eigenvalue weighted by Crippen LogP contribution is 2.24. The van der Waals surface area contributed by atoms with Crippen molar-refractivity contribution in [3.05, 3.63) is 45.5 Å². The van der Waals surface area contributed by atoms with E-state index in [-0.39, 0.29) is 5.56 Å². The van der Waals surface area contributed by atoms with Gasteiger partial charge >= 0.3 is 0 Å². The second kappa shape index (κ2) is 7.40. The van der Waals surface area contributed by atoms with Crippen LogP contribution >= 0.6 is 11.6 Å². The van der Waals surface area contributed by atoms with Gasteiger partial charge in [0.25, 0.3) is 5.56 Å². The number of halogens is 1. The lowest BCUT2D eigenvalue weighted by atomic mass is 10.1. The Morgan fingerprint density at radius 2 is 1.92 bits per heavy atom. The van der Waals surface area contributed by atoms with Crippen molar-refractivity contribution in [1.29, 1.82) is 0 Å². The van der Waals surface area contributed by atoms with Crippen LogP contribution in [0.25, 0.3) is 22.6 Å². The summed E-state index contributed by atoms with van der Waals surface area (Å²) >= 11 is 5.97. The third kappa shape index (κ3) is 3.76. The summed E-state index contributed by atoms with van der Waals surface area (Å²) in [4.78, 5) is 24.6. The van der Waals surface area contributed by atoms with E-state index in [1.165, 1.54) is 0 Å². The van der Waals surface area contributed by atoms with Gasteiger partial charge in [-0.05, 0) is 43.5 Å². The van der Waals surface area contributed by atoms with E-state index in [9.17, 15) is 4.79 Å². The Hall–Kier alpha value is -2.14. The molecule has 6 heteroatoms. The number of nitrogens with one attached hydrogen (secondary N) is 1. The van der Waals surface area contributed by atoms with E-state index >= 15 is 0 Å². The molecule has 132 valence electrons. The maximum Gasteiger partial charge on any atom is 0.279 e. The Kier molecular flexibility index (Phi) is 5.23. The Balaban J connectivity index is 2.05. The van der Waals surface area contributed by atoms with Crippen LogP contribution in [-0.2, 0) is 13.0 Å². The largest absolute Gasteiger partial charge is 0.309 e. The first kappa shape index (κ1) is 17.7. The lowest BCUT2D eigenvalue weighted by Gasteiger charge is -2.07. The molecule has 2 heterocycles. The number of hydrogen-bond donors (Lipinski definition) is 1. The van der Waals surface area contributed by atoms with Gasteiger partial charge in [0.2, 0.25) is 0 Å². The summed E-state index contributed by atoms with van der Waals surface area (Å²) in [5.41, 5.74) is 1.78. The van der Waals surface area contributed by atoms with E-state index in [0.29, 0.717) is 28.6 Å². The van der Waals surface area contributed by atoms with Crippen LogP contribution in [0.2, 0.25) is 5.02 Å². The molecule has 0 fully saturated rings. The smallest absolute Gasteiger partial charge is 0.279 e. The van der Waals surface area contributed by atoms with Crippen LogP contribution < -0.4 is 5.56 Å². The van der Waals surface area contributed by atoms with Gasteiger partial charge in [0.05, 0.1) is 0 Å². The van der Waals surface area contributed by atoms with E-state index < -0.39 is 0 Å². The first-order valence-corrected chi connectivity index (χ1v) is 9.12. The van der Waals surface area contributed by atoms with E-state index in [1.807, 2.05) is 35.8 Å². The average molecular weight is 359 g/mol. The first-order valence-electron chi connectivity index (χ1n) is 8.75. The molecule has 3 rings (SSSR count). The molecule has 0 saturated carbocycles. The topological polar surface area (TPSA) is 63.6 Å². The molecule has 0 unspecified atom stereocenters. The molecule has 0 aliphatic carbocycles. The summed E-state index contributed by atoms with van der Waals surface area (Å²) in [6.07, 6.45) is 2.90. The number of benzene rings is 1.